The number of carbonyl (C=O) groups excluding carboxylic acids is 1. The Morgan fingerprint density at radius 2 is 1.90 bits per heavy atom. The van der Waals surface area contributed by atoms with Gasteiger partial charge in [0.15, 0.2) is 0 Å². The molecule has 1 unspecified atom stereocenters. The number of ether oxygens (including phenoxy) is 1. The molecule has 2 fully saturated rings. The van der Waals surface area contributed by atoms with E-state index in [1.165, 1.54) is 32.1 Å². The summed E-state index contributed by atoms with van der Waals surface area (Å²) in [6.07, 6.45) is 9.83. The highest BCUT2D eigenvalue weighted by atomic mass is 16.5. The van der Waals surface area contributed by atoms with Gasteiger partial charge in [-0.3, -0.25) is 4.79 Å². The number of hydrogen-bond acceptors (Lipinski definition) is 3. The Balaban J connectivity index is 1.84. The SMILES string of the molecule is CCC1CCC(CN)(OC(C)C(=O)NC2CCCC2)CC1. The van der Waals surface area contributed by atoms with Crippen molar-refractivity contribution in [2.24, 2.45) is 11.7 Å². The van der Waals surface area contributed by atoms with Crippen LogP contribution in [-0.2, 0) is 9.53 Å². The monoisotopic (exact) mass is 296 g/mol. The molecular weight excluding hydrogens is 264 g/mol. The Labute approximate surface area is 129 Å². The van der Waals surface area contributed by atoms with Crippen LogP contribution in [0.3, 0.4) is 0 Å². The summed E-state index contributed by atoms with van der Waals surface area (Å²) in [6, 6.07) is 0.355. The van der Waals surface area contributed by atoms with Gasteiger partial charge in [0.1, 0.15) is 6.10 Å². The van der Waals surface area contributed by atoms with Crippen molar-refractivity contribution in [3.05, 3.63) is 0 Å². The predicted octanol–water partition coefficient (Wildman–Crippen LogP) is 2.75. The summed E-state index contributed by atoms with van der Waals surface area (Å²) in [5.41, 5.74) is 5.70. The van der Waals surface area contributed by atoms with Crippen molar-refractivity contribution < 1.29 is 9.53 Å². The summed E-state index contributed by atoms with van der Waals surface area (Å²) < 4.78 is 6.16. The molecule has 0 aromatic heterocycles. The van der Waals surface area contributed by atoms with Crippen LogP contribution < -0.4 is 11.1 Å². The second-order valence-corrected chi connectivity index (χ2v) is 6.99. The molecular formula is C17H32N2O2. The predicted molar refractivity (Wildman–Crippen MR) is 85.0 cm³/mol. The minimum Gasteiger partial charge on any atom is -0.361 e. The summed E-state index contributed by atoms with van der Waals surface area (Å²) in [4.78, 5) is 12.3. The second-order valence-electron chi connectivity index (χ2n) is 6.99. The standard InChI is InChI=1S/C17H32N2O2/c1-3-14-8-10-17(12-18,11-9-14)21-13(2)16(20)19-15-6-4-5-7-15/h13-15H,3-12,18H2,1-2H3,(H,19,20). The van der Waals surface area contributed by atoms with Gasteiger partial charge in [-0.05, 0) is 51.4 Å². The number of carbonyl (C=O) groups is 1. The van der Waals surface area contributed by atoms with Crippen molar-refractivity contribution >= 4 is 5.91 Å². The number of amides is 1. The maximum atomic E-state index is 12.3. The molecule has 0 aromatic carbocycles. The lowest BCUT2D eigenvalue weighted by molar-refractivity contribution is -0.151. The van der Waals surface area contributed by atoms with Gasteiger partial charge in [-0.15, -0.1) is 0 Å². The van der Waals surface area contributed by atoms with E-state index in [9.17, 15) is 4.79 Å². The van der Waals surface area contributed by atoms with Gasteiger partial charge in [0, 0.05) is 12.6 Å². The Kier molecular flexibility index (Phi) is 6.06. The zero-order valence-corrected chi connectivity index (χ0v) is 13.7. The minimum atomic E-state index is -0.396. The first-order chi connectivity index (χ1) is 10.1. The summed E-state index contributed by atoms with van der Waals surface area (Å²) in [7, 11) is 0. The van der Waals surface area contributed by atoms with Gasteiger partial charge in [-0.1, -0.05) is 26.2 Å². The first-order valence-electron chi connectivity index (χ1n) is 8.77. The van der Waals surface area contributed by atoms with E-state index >= 15 is 0 Å². The normalized spacial score (nSPS) is 32.0. The Hall–Kier alpha value is -0.610. The fraction of sp³-hybridized carbons (Fsp3) is 0.941. The van der Waals surface area contributed by atoms with E-state index in [1.807, 2.05) is 6.92 Å². The van der Waals surface area contributed by atoms with E-state index < -0.39 is 6.10 Å². The van der Waals surface area contributed by atoms with Crippen LogP contribution in [0.15, 0.2) is 0 Å². The lowest BCUT2D eigenvalue weighted by Crippen LogP contribution is -2.50. The zero-order chi connectivity index (χ0) is 15.3. The molecule has 4 nitrogen and oxygen atoms in total. The van der Waals surface area contributed by atoms with Gasteiger partial charge in [0.05, 0.1) is 5.60 Å². The van der Waals surface area contributed by atoms with Gasteiger partial charge in [-0.25, -0.2) is 0 Å². The molecule has 2 aliphatic carbocycles. The molecule has 122 valence electrons. The van der Waals surface area contributed by atoms with Crippen molar-refractivity contribution in [2.45, 2.75) is 89.4 Å². The van der Waals surface area contributed by atoms with E-state index in [4.69, 9.17) is 10.5 Å². The van der Waals surface area contributed by atoms with Crippen LogP contribution in [-0.4, -0.2) is 30.2 Å². The van der Waals surface area contributed by atoms with Crippen LogP contribution in [0.4, 0.5) is 0 Å². The average Bonchev–Trinajstić information content (AvgIpc) is 3.00. The maximum Gasteiger partial charge on any atom is 0.249 e. The molecule has 21 heavy (non-hydrogen) atoms. The van der Waals surface area contributed by atoms with Crippen molar-refractivity contribution in [3.63, 3.8) is 0 Å². The molecule has 0 radical (unpaired) electrons. The number of nitrogens with one attached hydrogen (secondary N) is 1. The molecule has 0 bridgehead atoms. The van der Waals surface area contributed by atoms with Gasteiger partial charge >= 0.3 is 0 Å². The number of hydrogen-bond donors (Lipinski definition) is 2. The van der Waals surface area contributed by atoms with Crippen LogP contribution in [0.2, 0.25) is 0 Å². The molecule has 0 spiro atoms. The van der Waals surface area contributed by atoms with Gasteiger partial charge in [0.2, 0.25) is 5.91 Å². The highest BCUT2D eigenvalue weighted by Crippen LogP contribution is 2.36. The molecule has 2 saturated carbocycles. The largest absolute Gasteiger partial charge is 0.361 e. The first-order valence-corrected chi connectivity index (χ1v) is 8.77. The summed E-state index contributed by atoms with van der Waals surface area (Å²) in [6.45, 7) is 4.64. The summed E-state index contributed by atoms with van der Waals surface area (Å²) in [5, 5.41) is 3.12. The highest BCUT2D eigenvalue weighted by Gasteiger charge is 2.37. The molecule has 0 aromatic rings. The van der Waals surface area contributed by atoms with Crippen LogP contribution in [0.25, 0.3) is 0 Å². The van der Waals surface area contributed by atoms with E-state index in [0.717, 1.165) is 31.6 Å². The zero-order valence-electron chi connectivity index (χ0n) is 13.7. The Bertz CT molecular complexity index is 332. The highest BCUT2D eigenvalue weighted by molar-refractivity contribution is 5.80. The fourth-order valence-electron chi connectivity index (χ4n) is 3.80. The average molecular weight is 296 g/mol. The number of nitrogens with two attached hydrogens (primary N) is 1. The topological polar surface area (TPSA) is 64.3 Å². The molecule has 1 amide bonds. The Morgan fingerprint density at radius 3 is 2.43 bits per heavy atom. The van der Waals surface area contributed by atoms with E-state index in [0.29, 0.717) is 12.6 Å². The molecule has 3 N–H and O–H groups in total. The third-order valence-corrected chi connectivity index (χ3v) is 5.46. The van der Waals surface area contributed by atoms with Crippen molar-refractivity contribution in [3.8, 4) is 0 Å². The Morgan fingerprint density at radius 1 is 1.29 bits per heavy atom. The van der Waals surface area contributed by atoms with Crippen LogP contribution >= 0.6 is 0 Å². The molecule has 4 heteroatoms. The van der Waals surface area contributed by atoms with E-state index in [1.54, 1.807) is 0 Å². The van der Waals surface area contributed by atoms with E-state index in [2.05, 4.69) is 12.2 Å². The number of rotatable bonds is 6. The van der Waals surface area contributed by atoms with Crippen molar-refractivity contribution in [1.82, 2.24) is 5.32 Å². The van der Waals surface area contributed by atoms with Gasteiger partial charge in [-0.2, -0.15) is 0 Å². The lowest BCUT2D eigenvalue weighted by atomic mass is 9.77. The third kappa shape index (κ3) is 4.43. The van der Waals surface area contributed by atoms with Crippen LogP contribution in [0.1, 0.15) is 71.6 Å². The summed E-state index contributed by atoms with van der Waals surface area (Å²) in [5.74, 6) is 0.836. The second kappa shape index (κ2) is 7.59. The first kappa shape index (κ1) is 16.8. The van der Waals surface area contributed by atoms with Crippen molar-refractivity contribution in [1.29, 1.82) is 0 Å². The lowest BCUT2D eigenvalue weighted by Gasteiger charge is -2.40. The minimum absolute atomic E-state index is 0.0346. The maximum absolute atomic E-state index is 12.3. The third-order valence-electron chi connectivity index (χ3n) is 5.46. The molecule has 0 saturated heterocycles. The van der Waals surface area contributed by atoms with Crippen LogP contribution in [0, 0.1) is 5.92 Å². The molecule has 0 aliphatic heterocycles. The molecule has 1 atom stereocenters. The van der Waals surface area contributed by atoms with Crippen molar-refractivity contribution in [2.75, 3.05) is 6.54 Å². The smallest absolute Gasteiger partial charge is 0.249 e. The van der Waals surface area contributed by atoms with Crippen LogP contribution in [0.5, 0.6) is 0 Å². The fourth-order valence-corrected chi connectivity index (χ4v) is 3.80. The van der Waals surface area contributed by atoms with E-state index in [-0.39, 0.29) is 11.5 Å². The molecule has 0 heterocycles. The molecule has 2 rings (SSSR count). The van der Waals surface area contributed by atoms with Gasteiger partial charge < -0.3 is 15.8 Å². The van der Waals surface area contributed by atoms with Gasteiger partial charge in [0.25, 0.3) is 0 Å². The molecule has 2 aliphatic rings. The quantitative estimate of drug-likeness (QED) is 0.792. The summed E-state index contributed by atoms with van der Waals surface area (Å²) >= 11 is 0.